The molecule has 3 aromatic rings. The maximum Gasteiger partial charge on any atom is 0.256 e. The van der Waals surface area contributed by atoms with Gasteiger partial charge in [0.2, 0.25) is 0 Å². The fourth-order valence-corrected chi connectivity index (χ4v) is 3.57. The number of rotatable bonds is 3. The lowest BCUT2D eigenvalue weighted by molar-refractivity contribution is 0.0672. The average Bonchev–Trinajstić information content (AvgIpc) is 2.68. The van der Waals surface area contributed by atoms with Crippen LogP contribution in [-0.4, -0.2) is 38.8 Å². The van der Waals surface area contributed by atoms with Crippen molar-refractivity contribution in [2.45, 2.75) is 19.3 Å². The number of amides is 1. The molecule has 1 fully saturated rings. The third-order valence-electron chi connectivity index (χ3n) is 4.79. The van der Waals surface area contributed by atoms with Crippen molar-refractivity contribution in [2.24, 2.45) is 5.92 Å². The van der Waals surface area contributed by atoms with Crippen LogP contribution in [0.4, 0.5) is 0 Å². The molecule has 0 aliphatic carbocycles. The first-order valence-electron chi connectivity index (χ1n) is 8.67. The van der Waals surface area contributed by atoms with Crippen molar-refractivity contribution >= 4 is 16.8 Å². The van der Waals surface area contributed by atoms with Gasteiger partial charge < -0.3 is 4.90 Å². The Kier molecular flexibility index (Phi) is 4.37. The third-order valence-corrected chi connectivity index (χ3v) is 4.79. The number of pyridine rings is 1. The zero-order chi connectivity index (χ0) is 17.1. The monoisotopic (exact) mass is 332 g/mol. The van der Waals surface area contributed by atoms with Gasteiger partial charge in [-0.25, -0.2) is 9.97 Å². The quantitative estimate of drug-likeness (QED) is 0.739. The van der Waals surface area contributed by atoms with Crippen molar-refractivity contribution in [3.63, 3.8) is 0 Å². The van der Waals surface area contributed by atoms with Crippen LogP contribution in [0.15, 0.2) is 55.2 Å². The van der Waals surface area contributed by atoms with Gasteiger partial charge in [0, 0.05) is 37.1 Å². The zero-order valence-electron chi connectivity index (χ0n) is 14.0. The summed E-state index contributed by atoms with van der Waals surface area (Å²) in [6.07, 6.45) is 9.72. The molecule has 1 aliphatic heterocycles. The highest BCUT2D eigenvalue weighted by Crippen LogP contribution is 2.23. The van der Waals surface area contributed by atoms with Crippen molar-refractivity contribution in [2.75, 3.05) is 13.1 Å². The fourth-order valence-electron chi connectivity index (χ4n) is 3.57. The van der Waals surface area contributed by atoms with Gasteiger partial charge in [-0.1, -0.05) is 18.2 Å². The second-order valence-corrected chi connectivity index (χ2v) is 6.63. The standard InChI is InChI=1S/C20H20N4O/c25-20(18-11-21-14-22-12-18)24-7-3-4-15(13-24)8-16-9-17-5-1-2-6-19(17)23-10-16/h1-2,5-6,9-12,14-15H,3-4,7-8,13H2/t15-/m0/s1. The van der Waals surface area contributed by atoms with Crippen LogP contribution in [0.1, 0.15) is 28.8 Å². The number of aromatic nitrogens is 3. The van der Waals surface area contributed by atoms with E-state index in [9.17, 15) is 4.79 Å². The first-order valence-corrected chi connectivity index (χ1v) is 8.67. The predicted molar refractivity (Wildman–Crippen MR) is 96.1 cm³/mol. The summed E-state index contributed by atoms with van der Waals surface area (Å²) in [7, 11) is 0. The Morgan fingerprint density at radius 2 is 2.00 bits per heavy atom. The van der Waals surface area contributed by atoms with E-state index < -0.39 is 0 Å². The highest BCUT2D eigenvalue weighted by Gasteiger charge is 2.25. The van der Waals surface area contributed by atoms with Crippen LogP contribution in [0.25, 0.3) is 10.9 Å². The van der Waals surface area contributed by atoms with Crippen molar-refractivity contribution < 1.29 is 4.79 Å². The highest BCUT2D eigenvalue weighted by molar-refractivity contribution is 5.93. The third kappa shape index (κ3) is 3.50. The van der Waals surface area contributed by atoms with Gasteiger partial charge in [-0.2, -0.15) is 0 Å². The fraction of sp³-hybridized carbons (Fsp3) is 0.300. The van der Waals surface area contributed by atoms with E-state index in [0.29, 0.717) is 11.5 Å². The van der Waals surface area contributed by atoms with E-state index in [4.69, 9.17) is 0 Å². The molecule has 1 aliphatic rings. The molecular weight excluding hydrogens is 312 g/mol. The minimum Gasteiger partial charge on any atom is -0.338 e. The molecule has 4 rings (SSSR count). The summed E-state index contributed by atoms with van der Waals surface area (Å²) in [6, 6.07) is 10.4. The predicted octanol–water partition coefficient (Wildman–Crippen LogP) is 3.12. The van der Waals surface area contributed by atoms with Crippen molar-refractivity contribution in [1.82, 2.24) is 19.9 Å². The Morgan fingerprint density at radius 3 is 2.88 bits per heavy atom. The molecule has 0 bridgehead atoms. The summed E-state index contributed by atoms with van der Waals surface area (Å²) in [4.78, 5) is 27.0. The molecule has 5 heteroatoms. The first kappa shape index (κ1) is 15.7. The summed E-state index contributed by atoms with van der Waals surface area (Å²) < 4.78 is 0. The van der Waals surface area contributed by atoms with Crippen LogP contribution in [-0.2, 0) is 6.42 Å². The minimum absolute atomic E-state index is 0.0296. The van der Waals surface area contributed by atoms with Gasteiger partial charge in [-0.3, -0.25) is 9.78 Å². The van der Waals surface area contributed by atoms with Gasteiger partial charge in [0.05, 0.1) is 11.1 Å². The minimum atomic E-state index is 0.0296. The molecule has 0 radical (unpaired) electrons. The second kappa shape index (κ2) is 6.97. The lowest BCUT2D eigenvalue weighted by atomic mass is 9.91. The Labute approximate surface area is 146 Å². The Bertz CT molecular complexity index is 881. The molecule has 1 aromatic carbocycles. The summed E-state index contributed by atoms with van der Waals surface area (Å²) in [5.74, 6) is 0.493. The Hall–Kier alpha value is -2.82. The van der Waals surface area contributed by atoms with E-state index in [-0.39, 0.29) is 5.91 Å². The van der Waals surface area contributed by atoms with E-state index in [2.05, 4.69) is 27.1 Å². The summed E-state index contributed by atoms with van der Waals surface area (Å²) in [5.41, 5.74) is 2.83. The van der Waals surface area contributed by atoms with Crippen molar-refractivity contribution in [1.29, 1.82) is 0 Å². The van der Waals surface area contributed by atoms with Gasteiger partial charge in [0.15, 0.2) is 0 Å². The number of benzene rings is 1. The van der Waals surface area contributed by atoms with Gasteiger partial charge in [0.1, 0.15) is 6.33 Å². The molecule has 0 spiro atoms. The highest BCUT2D eigenvalue weighted by atomic mass is 16.2. The number of nitrogens with zero attached hydrogens (tertiary/aromatic N) is 4. The number of piperidine rings is 1. The van der Waals surface area contributed by atoms with Crippen LogP contribution >= 0.6 is 0 Å². The molecule has 0 saturated carbocycles. The van der Waals surface area contributed by atoms with Gasteiger partial charge in [-0.05, 0) is 42.9 Å². The van der Waals surface area contributed by atoms with E-state index in [1.165, 1.54) is 17.3 Å². The smallest absolute Gasteiger partial charge is 0.256 e. The number of carbonyl (C=O) groups is 1. The molecule has 1 saturated heterocycles. The molecule has 0 N–H and O–H groups in total. The molecule has 5 nitrogen and oxygen atoms in total. The largest absolute Gasteiger partial charge is 0.338 e. The molecule has 3 heterocycles. The number of para-hydroxylation sites is 1. The number of likely N-dealkylation sites (tertiary alicyclic amines) is 1. The van der Waals surface area contributed by atoms with Crippen LogP contribution in [0.5, 0.6) is 0 Å². The van der Waals surface area contributed by atoms with Crippen LogP contribution in [0.2, 0.25) is 0 Å². The van der Waals surface area contributed by atoms with E-state index in [0.717, 1.165) is 37.9 Å². The molecule has 2 aromatic heterocycles. The molecule has 25 heavy (non-hydrogen) atoms. The number of carbonyl (C=O) groups excluding carboxylic acids is 1. The maximum absolute atomic E-state index is 12.6. The molecular formula is C20H20N4O. The summed E-state index contributed by atoms with van der Waals surface area (Å²) >= 11 is 0. The second-order valence-electron chi connectivity index (χ2n) is 6.63. The van der Waals surface area contributed by atoms with Crippen molar-refractivity contribution in [3.05, 3.63) is 66.4 Å². The number of hydrogen-bond acceptors (Lipinski definition) is 4. The molecule has 1 atom stereocenters. The summed E-state index contributed by atoms with van der Waals surface area (Å²) in [6.45, 7) is 1.58. The zero-order valence-corrected chi connectivity index (χ0v) is 14.0. The average molecular weight is 332 g/mol. The van der Waals surface area contributed by atoms with E-state index >= 15 is 0 Å². The number of hydrogen-bond donors (Lipinski definition) is 0. The molecule has 0 unspecified atom stereocenters. The molecule has 126 valence electrons. The van der Waals surface area contributed by atoms with Crippen molar-refractivity contribution in [3.8, 4) is 0 Å². The van der Waals surface area contributed by atoms with Crippen LogP contribution in [0, 0.1) is 5.92 Å². The molecule has 1 amide bonds. The lowest BCUT2D eigenvalue weighted by Gasteiger charge is -2.32. The van der Waals surface area contributed by atoms with Gasteiger partial charge >= 0.3 is 0 Å². The summed E-state index contributed by atoms with van der Waals surface area (Å²) in [5, 5.41) is 1.17. The van der Waals surface area contributed by atoms with E-state index in [1.807, 2.05) is 29.3 Å². The van der Waals surface area contributed by atoms with Crippen LogP contribution < -0.4 is 0 Å². The van der Waals surface area contributed by atoms with Gasteiger partial charge in [0.25, 0.3) is 5.91 Å². The Balaban J connectivity index is 1.46. The SMILES string of the molecule is O=C(c1cncnc1)N1CCC[C@@H](Cc2cnc3ccccc3c2)C1. The maximum atomic E-state index is 12.6. The van der Waals surface area contributed by atoms with Gasteiger partial charge in [-0.15, -0.1) is 0 Å². The lowest BCUT2D eigenvalue weighted by Crippen LogP contribution is -2.40. The number of fused-ring (bicyclic) bond motifs is 1. The Morgan fingerprint density at radius 1 is 1.16 bits per heavy atom. The normalized spacial score (nSPS) is 17.6. The topological polar surface area (TPSA) is 59.0 Å². The first-order chi connectivity index (χ1) is 12.3. The van der Waals surface area contributed by atoms with Crippen LogP contribution in [0.3, 0.4) is 0 Å². The van der Waals surface area contributed by atoms with E-state index in [1.54, 1.807) is 12.4 Å².